The summed E-state index contributed by atoms with van der Waals surface area (Å²) in [7, 11) is 0. The fraction of sp³-hybridized carbons (Fsp3) is 0. The lowest BCUT2D eigenvalue weighted by molar-refractivity contribution is 0.919. The van der Waals surface area contributed by atoms with E-state index in [9.17, 15) is 3.89 Å². The second kappa shape index (κ2) is 2.91. The molecular formula is C6H3ClFN3S. The van der Waals surface area contributed by atoms with Crippen molar-refractivity contribution in [1.29, 1.82) is 0 Å². The van der Waals surface area contributed by atoms with Crippen LogP contribution in [0.5, 0.6) is 0 Å². The molecule has 0 radical (unpaired) electrons. The molecule has 0 bridgehead atoms. The van der Waals surface area contributed by atoms with Crippen LogP contribution in [0.25, 0.3) is 11.2 Å². The molecule has 0 aliphatic carbocycles. The number of hydrogen-bond donors (Lipinski definition) is 0. The van der Waals surface area contributed by atoms with Crippen molar-refractivity contribution in [3.05, 3.63) is 23.6 Å². The molecule has 0 aromatic carbocycles. The minimum atomic E-state index is 0.0692. The van der Waals surface area contributed by atoms with E-state index >= 15 is 0 Å². The van der Waals surface area contributed by atoms with E-state index in [4.69, 9.17) is 11.6 Å². The van der Waals surface area contributed by atoms with E-state index in [1.54, 1.807) is 12.3 Å². The molecule has 12 heavy (non-hydrogen) atoms. The lowest BCUT2D eigenvalue weighted by Gasteiger charge is -1.94. The van der Waals surface area contributed by atoms with Crippen molar-refractivity contribution in [2.24, 2.45) is 0 Å². The Hall–Kier alpha value is -0.810. The summed E-state index contributed by atoms with van der Waals surface area (Å²) in [5.74, 6) is 0. The number of nitrogens with zero attached hydrogens (tertiary/aromatic N) is 3. The van der Waals surface area contributed by atoms with Crippen molar-refractivity contribution in [2.75, 3.05) is 0 Å². The predicted molar refractivity (Wildman–Crippen MR) is 46.6 cm³/mol. The number of aromatic nitrogens is 3. The van der Waals surface area contributed by atoms with Crippen molar-refractivity contribution in [2.45, 2.75) is 0 Å². The first-order valence-electron chi connectivity index (χ1n) is 3.10. The van der Waals surface area contributed by atoms with E-state index in [0.717, 1.165) is 0 Å². The predicted octanol–water partition coefficient (Wildman–Crippen LogP) is 2.47. The van der Waals surface area contributed by atoms with Gasteiger partial charge in [-0.3, -0.25) is 0 Å². The third-order valence-corrected chi connectivity index (χ3v) is 2.03. The van der Waals surface area contributed by atoms with Crippen molar-refractivity contribution >= 4 is 35.1 Å². The Morgan fingerprint density at radius 1 is 1.58 bits per heavy atom. The van der Waals surface area contributed by atoms with Crippen LogP contribution in [-0.2, 0) is 0 Å². The zero-order valence-electron chi connectivity index (χ0n) is 5.74. The zero-order valence-corrected chi connectivity index (χ0v) is 7.31. The molecule has 0 N–H and O–H groups in total. The first-order chi connectivity index (χ1) is 5.81. The maximum absolute atomic E-state index is 12.2. The van der Waals surface area contributed by atoms with Crippen LogP contribution >= 0.6 is 23.9 Å². The lowest BCUT2D eigenvalue weighted by atomic mass is 10.5. The van der Waals surface area contributed by atoms with Crippen LogP contribution in [0.4, 0.5) is 3.89 Å². The van der Waals surface area contributed by atoms with Gasteiger partial charge in [-0.05, 0) is 6.07 Å². The molecule has 2 heterocycles. The summed E-state index contributed by atoms with van der Waals surface area (Å²) in [5.41, 5.74) is 1.07. The third kappa shape index (κ3) is 1.15. The van der Waals surface area contributed by atoms with Gasteiger partial charge >= 0.3 is 0 Å². The second-order valence-corrected chi connectivity index (χ2v) is 3.03. The number of hydrogen-bond acceptors (Lipinski definition) is 3. The van der Waals surface area contributed by atoms with E-state index in [-0.39, 0.29) is 17.5 Å². The highest BCUT2D eigenvalue weighted by molar-refractivity contribution is 7.92. The molecular weight excluding hydrogens is 201 g/mol. The SMILES string of the molecule is FSn1ccc2ncc(Cl)nc21. The van der Waals surface area contributed by atoms with E-state index in [1.165, 1.54) is 10.2 Å². The Balaban J connectivity index is 2.75. The van der Waals surface area contributed by atoms with Crippen LogP contribution in [0.3, 0.4) is 0 Å². The number of halogens is 2. The van der Waals surface area contributed by atoms with Gasteiger partial charge in [0.25, 0.3) is 0 Å². The number of fused-ring (bicyclic) bond motifs is 1. The monoisotopic (exact) mass is 203 g/mol. The molecule has 2 aromatic heterocycles. The Morgan fingerprint density at radius 3 is 3.17 bits per heavy atom. The van der Waals surface area contributed by atoms with Gasteiger partial charge in [0.05, 0.1) is 6.20 Å². The lowest BCUT2D eigenvalue weighted by Crippen LogP contribution is -1.86. The molecule has 2 rings (SSSR count). The highest BCUT2D eigenvalue weighted by Gasteiger charge is 2.04. The molecule has 0 unspecified atom stereocenters. The van der Waals surface area contributed by atoms with Gasteiger partial charge in [-0.25, -0.2) is 13.9 Å². The zero-order chi connectivity index (χ0) is 8.55. The Morgan fingerprint density at radius 2 is 2.42 bits per heavy atom. The Labute approximate surface area is 77.0 Å². The summed E-state index contributed by atoms with van der Waals surface area (Å²) in [6.07, 6.45) is 2.97. The first-order valence-corrected chi connectivity index (χ1v) is 4.15. The Bertz CT molecular complexity index is 416. The highest BCUT2D eigenvalue weighted by atomic mass is 35.5. The summed E-state index contributed by atoms with van der Waals surface area (Å²) < 4.78 is 13.4. The summed E-state index contributed by atoms with van der Waals surface area (Å²) >= 11 is 5.66. The van der Waals surface area contributed by atoms with E-state index in [0.29, 0.717) is 11.2 Å². The minimum absolute atomic E-state index is 0.0692. The van der Waals surface area contributed by atoms with Crippen molar-refractivity contribution in [1.82, 2.24) is 13.9 Å². The maximum Gasteiger partial charge on any atom is 0.172 e. The average molecular weight is 204 g/mol. The topological polar surface area (TPSA) is 30.7 Å². The van der Waals surface area contributed by atoms with Crippen LogP contribution in [0, 0.1) is 0 Å². The summed E-state index contributed by atoms with van der Waals surface area (Å²) in [5, 5.41) is 0.261. The highest BCUT2D eigenvalue weighted by Crippen LogP contribution is 2.18. The van der Waals surface area contributed by atoms with E-state index < -0.39 is 0 Å². The summed E-state index contributed by atoms with van der Waals surface area (Å²) in [4.78, 5) is 7.87. The van der Waals surface area contributed by atoms with Crippen LogP contribution in [0.1, 0.15) is 0 Å². The second-order valence-electron chi connectivity index (χ2n) is 2.11. The van der Waals surface area contributed by atoms with Crippen LogP contribution in [0.2, 0.25) is 5.15 Å². The quantitative estimate of drug-likeness (QED) is 0.714. The van der Waals surface area contributed by atoms with Crippen LogP contribution in [0.15, 0.2) is 18.5 Å². The maximum atomic E-state index is 12.2. The molecule has 3 nitrogen and oxygen atoms in total. The molecule has 0 saturated carbocycles. The fourth-order valence-corrected chi connectivity index (χ4v) is 1.35. The molecule has 0 fully saturated rings. The Kier molecular flexibility index (Phi) is 1.90. The van der Waals surface area contributed by atoms with Gasteiger partial charge in [-0.15, -0.1) is 3.89 Å². The van der Waals surface area contributed by atoms with E-state index in [1.807, 2.05) is 0 Å². The first kappa shape index (κ1) is 7.82. The van der Waals surface area contributed by atoms with Gasteiger partial charge < -0.3 is 0 Å². The van der Waals surface area contributed by atoms with Gasteiger partial charge in [0, 0.05) is 6.20 Å². The largest absolute Gasteiger partial charge is 0.250 e. The fourth-order valence-electron chi connectivity index (χ4n) is 0.912. The van der Waals surface area contributed by atoms with Crippen molar-refractivity contribution in [3.63, 3.8) is 0 Å². The van der Waals surface area contributed by atoms with Gasteiger partial charge in [0.1, 0.15) is 10.7 Å². The number of rotatable bonds is 1. The van der Waals surface area contributed by atoms with Gasteiger partial charge in [0.2, 0.25) is 0 Å². The normalized spacial score (nSPS) is 10.8. The van der Waals surface area contributed by atoms with Gasteiger partial charge in [0.15, 0.2) is 18.0 Å². The smallest absolute Gasteiger partial charge is 0.172 e. The summed E-state index contributed by atoms with van der Waals surface area (Å²) in [6, 6.07) is 1.67. The molecule has 0 saturated heterocycles. The summed E-state index contributed by atoms with van der Waals surface area (Å²) in [6.45, 7) is 0. The van der Waals surface area contributed by atoms with Crippen molar-refractivity contribution < 1.29 is 3.89 Å². The molecule has 2 aromatic rings. The standard InChI is InChI=1S/C6H3ClFN3S/c7-5-3-9-4-1-2-11(12-8)6(4)10-5/h1-3H. The van der Waals surface area contributed by atoms with Gasteiger partial charge in [-0.2, -0.15) is 0 Å². The van der Waals surface area contributed by atoms with Crippen LogP contribution in [-0.4, -0.2) is 13.9 Å². The molecule has 0 aliphatic rings. The third-order valence-electron chi connectivity index (χ3n) is 1.40. The van der Waals surface area contributed by atoms with E-state index in [2.05, 4.69) is 9.97 Å². The molecule has 0 aliphatic heterocycles. The van der Waals surface area contributed by atoms with Crippen molar-refractivity contribution in [3.8, 4) is 0 Å². The van der Waals surface area contributed by atoms with Crippen LogP contribution < -0.4 is 0 Å². The molecule has 0 amide bonds. The molecule has 0 atom stereocenters. The minimum Gasteiger partial charge on any atom is -0.250 e. The molecule has 6 heteroatoms. The molecule has 62 valence electrons. The average Bonchev–Trinajstić information content (AvgIpc) is 2.46. The van der Waals surface area contributed by atoms with Gasteiger partial charge in [-0.1, -0.05) is 11.6 Å². The molecule has 0 spiro atoms.